The molecule has 0 N–H and O–H groups in total. The molecule has 6 nitrogen and oxygen atoms in total. The van der Waals surface area contributed by atoms with Crippen molar-refractivity contribution in [2.45, 2.75) is 13.0 Å². The van der Waals surface area contributed by atoms with Crippen molar-refractivity contribution in [1.82, 2.24) is 20.0 Å². The number of benzene rings is 2. The van der Waals surface area contributed by atoms with Gasteiger partial charge in [0.2, 0.25) is 11.8 Å². The number of ether oxygens (including phenoxy) is 1. The largest absolute Gasteiger partial charge is 0.497 e. The van der Waals surface area contributed by atoms with Crippen molar-refractivity contribution in [1.29, 1.82) is 0 Å². The van der Waals surface area contributed by atoms with E-state index >= 15 is 0 Å². The molecule has 1 aliphatic rings. The summed E-state index contributed by atoms with van der Waals surface area (Å²) in [4.78, 5) is 4.89. The zero-order valence-corrected chi connectivity index (χ0v) is 18.1. The fourth-order valence-corrected chi connectivity index (χ4v) is 3.90. The van der Waals surface area contributed by atoms with E-state index in [2.05, 4.69) is 48.1 Å². The molecule has 1 aromatic heterocycles. The van der Waals surface area contributed by atoms with Crippen LogP contribution in [0.3, 0.4) is 0 Å². The molecule has 1 fully saturated rings. The maximum atomic E-state index is 5.87. The first kappa shape index (κ1) is 20.1. The number of aromatic nitrogens is 2. The Morgan fingerprint density at radius 3 is 2.48 bits per heavy atom. The second kappa shape index (κ2) is 9.52. The number of hydrogen-bond donors (Lipinski definition) is 0. The molecule has 3 aromatic rings. The number of hydrogen-bond acceptors (Lipinski definition) is 6. The highest BCUT2D eigenvalue weighted by atomic mass is 79.9. The Kier molecular flexibility index (Phi) is 6.59. The molecule has 0 radical (unpaired) electrons. The molecule has 29 heavy (non-hydrogen) atoms. The lowest BCUT2D eigenvalue weighted by Gasteiger charge is -2.33. The van der Waals surface area contributed by atoms with E-state index in [4.69, 9.17) is 9.15 Å². The van der Waals surface area contributed by atoms with Gasteiger partial charge in [0, 0.05) is 42.8 Å². The highest BCUT2D eigenvalue weighted by molar-refractivity contribution is 9.10. The predicted molar refractivity (Wildman–Crippen MR) is 116 cm³/mol. The summed E-state index contributed by atoms with van der Waals surface area (Å²) in [5.41, 5.74) is 2.28. The Hall–Kier alpha value is -2.22. The van der Waals surface area contributed by atoms with E-state index in [0.29, 0.717) is 18.3 Å². The molecular formula is C22H25BrN4O2. The second-order valence-corrected chi connectivity index (χ2v) is 8.14. The molecule has 0 saturated carbocycles. The summed E-state index contributed by atoms with van der Waals surface area (Å²) in [7, 11) is 1.70. The minimum Gasteiger partial charge on any atom is -0.497 e. The Labute approximate surface area is 179 Å². The fourth-order valence-electron chi connectivity index (χ4n) is 3.50. The van der Waals surface area contributed by atoms with Crippen LogP contribution in [0.4, 0.5) is 0 Å². The van der Waals surface area contributed by atoms with Gasteiger partial charge in [0.1, 0.15) is 5.75 Å². The van der Waals surface area contributed by atoms with E-state index in [0.717, 1.165) is 54.9 Å². The van der Waals surface area contributed by atoms with Crippen LogP contribution in [0.25, 0.3) is 11.5 Å². The standard InChI is InChI=1S/C22H25BrN4O2/c1-28-20-7-5-17(6-8-20)9-10-26-11-13-27(14-12-26)16-21-24-25-22(29-21)18-3-2-4-19(23)15-18/h2-8,15H,9-14,16H2,1H3. The van der Waals surface area contributed by atoms with Gasteiger partial charge in [-0.3, -0.25) is 4.90 Å². The van der Waals surface area contributed by atoms with Crippen molar-refractivity contribution in [2.75, 3.05) is 39.8 Å². The van der Waals surface area contributed by atoms with Gasteiger partial charge < -0.3 is 14.1 Å². The maximum Gasteiger partial charge on any atom is 0.247 e. The molecule has 0 aliphatic carbocycles. The molecule has 2 heterocycles. The van der Waals surface area contributed by atoms with Crippen LogP contribution in [0, 0.1) is 0 Å². The lowest BCUT2D eigenvalue weighted by molar-refractivity contribution is 0.120. The normalized spacial score (nSPS) is 15.5. The Bertz CT molecular complexity index is 921. The van der Waals surface area contributed by atoms with Gasteiger partial charge in [0.25, 0.3) is 0 Å². The lowest BCUT2D eigenvalue weighted by atomic mass is 10.1. The third-order valence-corrected chi connectivity index (χ3v) is 5.73. The topological polar surface area (TPSA) is 54.6 Å². The zero-order valence-electron chi connectivity index (χ0n) is 16.6. The molecular weight excluding hydrogens is 432 g/mol. The summed E-state index contributed by atoms with van der Waals surface area (Å²) in [5, 5.41) is 8.43. The van der Waals surface area contributed by atoms with Crippen molar-refractivity contribution >= 4 is 15.9 Å². The van der Waals surface area contributed by atoms with Gasteiger partial charge in [-0.05, 0) is 42.3 Å². The van der Waals surface area contributed by atoms with Crippen LogP contribution in [0.5, 0.6) is 5.75 Å². The molecule has 0 unspecified atom stereocenters. The number of piperazine rings is 1. The first-order chi connectivity index (χ1) is 14.2. The third kappa shape index (κ3) is 5.44. The molecule has 0 spiro atoms. The van der Waals surface area contributed by atoms with Crippen LogP contribution in [-0.4, -0.2) is 59.8 Å². The molecule has 152 valence electrons. The Morgan fingerprint density at radius 1 is 1.00 bits per heavy atom. The van der Waals surface area contributed by atoms with Crippen molar-refractivity contribution in [3.05, 3.63) is 64.5 Å². The number of halogens is 1. The number of nitrogens with zero attached hydrogens (tertiary/aromatic N) is 4. The number of methoxy groups -OCH3 is 1. The van der Waals surface area contributed by atoms with Gasteiger partial charge in [0.05, 0.1) is 13.7 Å². The minimum atomic E-state index is 0.569. The quantitative estimate of drug-likeness (QED) is 0.537. The average molecular weight is 457 g/mol. The van der Waals surface area contributed by atoms with Crippen LogP contribution >= 0.6 is 15.9 Å². The lowest BCUT2D eigenvalue weighted by Crippen LogP contribution is -2.46. The van der Waals surface area contributed by atoms with Crippen LogP contribution in [0.2, 0.25) is 0 Å². The van der Waals surface area contributed by atoms with Crippen LogP contribution in [0.1, 0.15) is 11.5 Å². The Balaban J connectivity index is 1.24. The van der Waals surface area contributed by atoms with Gasteiger partial charge in [-0.15, -0.1) is 10.2 Å². The first-order valence-electron chi connectivity index (χ1n) is 9.85. The van der Waals surface area contributed by atoms with Crippen molar-refractivity contribution < 1.29 is 9.15 Å². The number of rotatable bonds is 7. The molecule has 1 aliphatic heterocycles. The monoisotopic (exact) mass is 456 g/mol. The van der Waals surface area contributed by atoms with E-state index in [-0.39, 0.29) is 0 Å². The molecule has 7 heteroatoms. The predicted octanol–water partition coefficient (Wildman–Crippen LogP) is 3.87. The van der Waals surface area contributed by atoms with E-state index < -0.39 is 0 Å². The average Bonchev–Trinajstić information content (AvgIpc) is 3.22. The third-order valence-electron chi connectivity index (χ3n) is 5.24. The zero-order chi connectivity index (χ0) is 20.1. The van der Waals surface area contributed by atoms with E-state index in [1.165, 1.54) is 5.56 Å². The summed E-state index contributed by atoms with van der Waals surface area (Å²) in [6.45, 7) is 5.92. The molecule has 1 saturated heterocycles. The van der Waals surface area contributed by atoms with Crippen LogP contribution in [-0.2, 0) is 13.0 Å². The van der Waals surface area contributed by atoms with Gasteiger partial charge >= 0.3 is 0 Å². The molecule has 0 bridgehead atoms. The highest BCUT2D eigenvalue weighted by Gasteiger charge is 2.19. The summed E-state index contributed by atoms with van der Waals surface area (Å²) < 4.78 is 12.1. The van der Waals surface area contributed by atoms with Gasteiger partial charge in [-0.2, -0.15) is 0 Å². The molecule has 0 atom stereocenters. The van der Waals surface area contributed by atoms with Crippen molar-refractivity contribution in [3.63, 3.8) is 0 Å². The minimum absolute atomic E-state index is 0.569. The van der Waals surface area contributed by atoms with E-state index in [9.17, 15) is 0 Å². The maximum absolute atomic E-state index is 5.87. The van der Waals surface area contributed by atoms with Gasteiger partial charge in [-0.1, -0.05) is 34.1 Å². The van der Waals surface area contributed by atoms with Gasteiger partial charge in [0.15, 0.2) is 0 Å². The SMILES string of the molecule is COc1ccc(CCN2CCN(Cc3nnc(-c4cccc(Br)c4)o3)CC2)cc1. The highest BCUT2D eigenvalue weighted by Crippen LogP contribution is 2.22. The Morgan fingerprint density at radius 2 is 1.76 bits per heavy atom. The van der Waals surface area contributed by atoms with Crippen molar-refractivity contribution in [3.8, 4) is 17.2 Å². The van der Waals surface area contributed by atoms with Gasteiger partial charge in [-0.25, -0.2) is 0 Å². The van der Waals surface area contributed by atoms with E-state index in [1.807, 2.05) is 36.4 Å². The summed E-state index contributed by atoms with van der Waals surface area (Å²) in [5.74, 6) is 2.15. The van der Waals surface area contributed by atoms with E-state index in [1.54, 1.807) is 7.11 Å². The molecule has 2 aromatic carbocycles. The molecule has 4 rings (SSSR count). The second-order valence-electron chi connectivity index (χ2n) is 7.23. The molecule has 0 amide bonds. The summed E-state index contributed by atoms with van der Waals surface area (Å²) >= 11 is 3.48. The fraction of sp³-hybridized carbons (Fsp3) is 0.364. The van der Waals surface area contributed by atoms with Crippen LogP contribution < -0.4 is 4.74 Å². The summed E-state index contributed by atoms with van der Waals surface area (Å²) in [6, 6.07) is 16.3. The first-order valence-corrected chi connectivity index (χ1v) is 10.6. The van der Waals surface area contributed by atoms with Crippen molar-refractivity contribution in [2.24, 2.45) is 0 Å². The summed E-state index contributed by atoms with van der Waals surface area (Å²) in [6.07, 6.45) is 1.06. The smallest absolute Gasteiger partial charge is 0.247 e. The van der Waals surface area contributed by atoms with Crippen LogP contribution in [0.15, 0.2) is 57.4 Å².